The van der Waals surface area contributed by atoms with Crippen LogP contribution in [0.25, 0.3) is 0 Å². The van der Waals surface area contributed by atoms with Crippen LogP contribution in [0, 0.1) is 11.3 Å². The molecule has 1 fully saturated rings. The van der Waals surface area contributed by atoms with E-state index in [1.807, 2.05) is 6.08 Å². The number of likely N-dealkylation sites (tertiary alicyclic amines) is 1. The third kappa shape index (κ3) is 4.66. The number of carbonyl (C=O) groups is 1. The van der Waals surface area contributed by atoms with Crippen LogP contribution in [0.3, 0.4) is 0 Å². The van der Waals surface area contributed by atoms with E-state index < -0.39 is 14.0 Å². The number of esters is 1. The van der Waals surface area contributed by atoms with Crippen molar-refractivity contribution in [2.24, 2.45) is 11.3 Å². The van der Waals surface area contributed by atoms with E-state index in [0.717, 1.165) is 25.1 Å². The van der Waals surface area contributed by atoms with Gasteiger partial charge in [-0.25, -0.2) is 0 Å². The second kappa shape index (κ2) is 7.26. The molecule has 0 bridgehead atoms. The molecular formula is C15H26NO5P. The van der Waals surface area contributed by atoms with E-state index in [1.165, 1.54) is 6.42 Å². The van der Waals surface area contributed by atoms with Gasteiger partial charge >= 0.3 is 14.6 Å². The lowest BCUT2D eigenvalue weighted by molar-refractivity contribution is -0.159. The molecule has 0 aromatic carbocycles. The number of hydrogen-bond donors (Lipinski definition) is 1. The van der Waals surface area contributed by atoms with Crippen molar-refractivity contribution in [3.8, 4) is 0 Å². The Hall–Kier alpha value is -0.680. The highest BCUT2D eigenvalue weighted by atomic mass is 31.2. The highest BCUT2D eigenvalue weighted by molar-refractivity contribution is 7.40. The molecule has 0 amide bonds. The van der Waals surface area contributed by atoms with Crippen LogP contribution in [0.2, 0.25) is 0 Å². The van der Waals surface area contributed by atoms with Crippen molar-refractivity contribution in [1.82, 2.24) is 4.90 Å². The van der Waals surface area contributed by atoms with Crippen LogP contribution >= 0.6 is 8.60 Å². The zero-order valence-corrected chi connectivity index (χ0v) is 14.6. The fraction of sp³-hybridized carbons (Fsp3) is 0.800. The third-order valence-corrected chi connectivity index (χ3v) is 4.90. The maximum atomic E-state index is 11.6. The van der Waals surface area contributed by atoms with E-state index in [0.29, 0.717) is 12.0 Å². The molecule has 0 saturated carbocycles. The zero-order chi connectivity index (χ0) is 16.3. The number of carbonyl (C=O) groups excluding carboxylic acids is 1. The van der Waals surface area contributed by atoms with Gasteiger partial charge in [0.2, 0.25) is 6.79 Å². The minimum atomic E-state index is -2.07. The maximum absolute atomic E-state index is 11.6. The van der Waals surface area contributed by atoms with Crippen molar-refractivity contribution >= 4 is 14.6 Å². The molecule has 22 heavy (non-hydrogen) atoms. The normalized spacial score (nSPS) is 27.0. The Morgan fingerprint density at radius 1 is 1.50 bits per heavy atom. The summed E-state index contributed by atoms with van der Waals surface area (Å²) in [5.74, 6) is 1.09. The van der Waals surface area contributed by atoms with Gasteiger partial charge in [0, 0.05) is 12.5 Å². The number of allylic oxidation sites excluding steroid dienone is 1. The molecule has 0 aromatic rings. The van der Waals surface area contributed by atoms with Crippen molar-refractivity contribution in [3.63, 3.8) is 0 Å². The lowest BCUT2D eigenvalue weighted by Gasteiger charge is -2.29. The van der Waals surface area contributed by atoms with Crippen LogP contribution in [-0.2, 0) is 18.6 Å². The quantitative estimate of drug-likeness (QED) is 0.475. The van der Waals surface area contributed by atoms with E-state index in [2.05, 4.69) is 11.9 Å². The topological polar surface area (TPSA) is 68.2 Å². The van der Waals surface area contributed by atoms with Crippen molar-refractivity contribution in [2.75, 3.05) is 20.4 Å². The highest BCUT2D eigenvalue weighted by Gasteiger charge is 2.35. The van der Waals surface area contributed by atoms with E-state index in [-0.39, 0.29) is 12.8 Å². The van der Waals surface area contributed by atoms with Gasteiger partial charge in [-0.3, -0.25) is 9.32 Å². The Kier molecular flexibility index (Phi) is 5.83. The summed E-state index contributed by atoms with van der Waals surface area (Å²) < 4.78 is 15.4. The average Bonchev–Trinajstić information content (AvgIpc) is 2.79. The van der Waals surface area contributed by atoms with Gasteiger partial charge in [0.1, 0.15) is 5.76 Å². The molecule has 1 N–H and O–H groups in total. The summed E-state index contributed by atoms with van der Waals surface area (Å²) >= 11 is 0. The molecule has 2 aliphatic rings. The van der Waals surface area contributed by atoms with E-state index in [1.54, 1.807) is 20.8 Å². The molecule has 126 valence electrons. The minimum absolute atomic E-state index is 0.294. The van der Waals surface area contributed by atoms with Gasteiger partial charge in [-0.15, -0.1) is 0 Å². The van der Waals surface area contributed by atoms with E-state index in [9.17, 15) is 9.69 Å². The van der Waals surface area contributed by atoms with Gasteiger partial charge in [-0.1, -0.05) is 0 Å². The van der Waals surface area contributed by atoms with Gasteiger partial charge in [-0.2, -0.15) is 0 Å². The van der Waals surface area contributed by atoms with Crippen molar-refractivity contribution < 1.29 is 23.5 Å². The van der Waals surface area contributed by atoms with Gasteiger partial charge in [0.25, 0.3) is 0 Å². The molecule has 0 radical (unpaired) electrons. The van der Waals surface area contributed by atoms with Crippen LogP contribution in [0.5, 0.6) is 0 Å². The Bertz CT molecular complexity index is 434. The molecule has 7 heteroatoms. The third-order valence-electron chi connectivity index (χ3n) is 4.18. The smallest absolute Gasteiger partial charge is 0.397 e. The van der Waals surface area contributed by atoms with Crippen LogP contribution in [0.1, 0.15) is 40.0 Å². The fourth-order valence-electron chi connectivity index (χ4n) is 2.80. The van der Waals surface area contributed by atoms with Crippen LogP contribution in [0.15, 0.2) is 11.8 Å². The lowest BCUT2D eigenvalue weighted by atomic mass is 9.89. The Morgan fingerprint density at radius 2 is 2.23 bits per heavy atom. The molecule has 3 atom stereocenters. The largest absolute Gasteiger partial charge is 0.438 e. The summed E-state index contributed by atoms with van der Waals surface area (Å²) in [6.45, 7) is 6.10. The number of ether oxygens (including phenoxy) is 1. The average molecular weight is 331 g/mol. The van der Waals surface area contributed by atoms with Gasteiger partial charge in [-0.05, 0) is 59.2 Å². The summed E-state index contributed by atoms with van der Waals surface area (Å²) in [5, 5.41) is 0. The Morgan fingerprint density at radius 3 is 2.91 bits per heavy atom. The predicted molar refractivity (Wildman–Crippen MR) is 83.6 cm³/mol. The van der Waals surface area contributed by atoms with Crippen molar-refractivity contribution in [2.45, 2.75) is 46.1 Å². The fourth-order valence-corrected chi connectivity index (χ4v) is 3.35. The first-order valence-electron chi connectivity index (χ1n) is 7.64. The van der Waals surface area contributed by atoms with Gasteiger partial charge in [0.15, 0.2) is 0 Å². The Labute approximate surface area is 133 Å². The van der Waals surface area contributed by atoms with Crippen LogP contribution in [0.4, 0.5) is 0 Å². The first-order valence-corrected chi connectivity index (χ1v) is 8.77. The molecule has 6 nitrogen and oxygen atoms in total. The number of hydrogen-bond acceptors (Lipinski definition) is 6. The molecule has 0 spiro atoms. The highest BCUT2D eigenvalue weighted by Crippen LogP contribution is 2.42. The molecule has 3 unspecified atom stereocenters. The molecule has 0 aromatic heterocycles. The van der Waals surface area contributed by atoms with E-state index >= 15 is 0 Å². The first kappa shape index (κ1) is 17.7. The number of nitrogens with zero attached hydrogens (tertiary/aromatic N) is 1. The van der Waals surface area contributed by atoms with Crippen LogP contribution < -0.4 is 0 Å². The Balaban J connectivity index is 1.71. The minimum Gasteiger partial charge on any atom is -0.438 e. The monoisotopic (exact) mass is 331 g/mol. The van der Waals surface area contributed by atoms with Gasteiger partial charge < -0.3 is 19.1 Å². The summed E-state index contributed by atoms with van der Waals surface area (Å²) in [5.41, 5.74) is -0.587. The lowest BCUT2D eigenvalue weighted by Crippen LogP contribution is -2.31. The zero-order valence-electron chi connectivity index (χ0n) is 13.7. The summed E-state index contributed by atoms with van der Waals surface area (Å²) in [6.07, 6.45) is 5.03. The van der Waals surface area contributed by atoms with Crippen molar-refractivity contribution in [1.29, 1.82) is 0 Å². The molecular weight excluding hydrogens is 305 g/mol. The standard InChI is InChI=1S/C15H26NO5P/c1-15(2,3)14(17)19-10-20-22(18)21-12-6-5-11-7-8-16(4)13(11)9-12/h6,11,13,18H,5,7-10H2,1-4H3. The van der Waals surface area contributed by atoms with Crippen molar-refractivity contribution in [3.05, 3.63) is 11.8 Å². The number of rotatable bonds is 5. The van der Waals surface area contributed by atoms with E-state index in [4.69, 9.17) is 13.8 Å². The second-order valence-electron chi connectivity index (χ2n) is 6.96. The first-order chi connectivity index (χ1) is 10.3. The predicted octanol–water partition coefficient (Wildman–Crippen LogP) is 2.78. The summed E-state index contributed by atoms with van der Waals surface area (Å²) in [7, 11) is 0.0567. The molecule has 1 aliphatic carbocycles. The van der Waals surface area contributed by atoms with Gasteiger partial charge in [0.05, 0.1) is 5.41 Å². The number of fused-ring (bicyclic) bond motifs is 1. The molecule has 1 saturated heterocycles. The molecule has 1 heterocycles. The second-order valence-corrected chi connectivity index (χ2v) is 7.88. The molecule has 2 rings (SSSR count). The van der Waals surface area contributed by atoms with Crippen LogP contribution in [-0.4, -0.2) is 42.2 Å². The summed E-state index contributed by atoms with van der Waals surface area (Å²) in [4.78, 5) is 23.7. The molecule has 1 aliphatic heterocycles. The maximum Gasteiger partial charge on any atom is 0.397 e. The summed E-state index contributed by atoms with van der Waals surface area (Å²) in [6, 6.07) is 0.488. The SMILES string of the molecule is CN1CCC2CC=C(OP(O)OCOC(=O)C(C)(C)C)CC21.